The van der Waals surface area contributed by atoms with Gasteiger partial charge in [0.25, 0.3) is 0 Å². The number of halogens is 1. The van der Waals surface area contributed by atoms with E-state index in [9.17, 15) is 9.59 Å². The minimum absolute atomic E-state index is 0.0497. The number of fused-ring (bicyclic) bond motifs is 1. The number of para-hydroxylation sites is 2. The molecule has 1 heterocycles. The summed E-state index contributed by atoms with van der Waals surface area (Å²) in [7, 11) is 0. The van der Waals surface area contributed by atoms with Crippen LogP contribution in [0.25, 0.3) is 0 Å². The molecule has 3 aromatic rings. The Hall–Kier alpha value is -3.37. The SMILES string of the molecule is CCCCCC(=O)N1c2ccccc2NC2=C(C(=O)C[C@@H](c3ccc(Cl)cc3)C2)[C@@H]1c1ccc(C)cc1. The molecule has 1 aliphatic heterocycles. The van der Waals surface area contributed by atoms with Crippen LogP contribution in [0, 0.1) is 6.92 Å². The van der Waals surface area contributed by atoms with E-state index in [0.29, 0.717) is 29.9 Å². The molecule has 0 saturated carbocycles. The Morgan fingerprint density at radius 2 is 1.65 bits per heavy atom. The molecule has 5 rings (SSSR count). The lowest BCUT2D eigenvalue weighted by atomic mass is 9.78. The van der Waals surface area contributed by atoms with E-state index in [4.69, 9.17) is 11.6 Å². The third-order valence-corrected chi connectivity index (χ3v) is 7.74. The van der Waals surface area contributed by atoms with Crippen molar-refractivity contribution < 1.29 is 9.59 Å². The zero-order valence-electron chi connectivity index (χ0n) is 21.5. The van der Waals surface area contributed by atoms with Gasteiger partial charge in [0.1, 0.15) is 0 Å². The van der Waals surface area contributed by atoms with E-state index in [2.05, 4.69) is 43.4 Å². The molecule has 3 aromatic carbocycles. The average Bonchev–Trinajstić information content (AvgIpc) is 3.04. The summed E-state index contributed by atoms with van der Waals surface area (Å²) in [6.07, 6.45) is 4.43. The first kappa shape index (κ1) is 25.3. The molecule has 4 nitrogen and oxygen atoms in total. The predicted molar refractivity (Wildman–Crippen MR) is 151 cm³/mol. The van der Waals surface area contributed by atoms with E-state index in [0.717, 1.165) is 53.0 Å². The van der Waals surface area contributed by atoms with Crippen molar-refractivity contribution in [2.75, 3.05) is 10.2 Å². The molecule has 5 heteroatoms. The number of carbonyl (C=O) groups excluding carboxylic acids is 2. The van der Waals surface area contributed by atoms with Crippen LogP contribution in [-0.2, 0) is 9.59 Å². The Balaban J connectivity index is 1.65. The van der Waals surface area contributed by atoms with E-state index >= 15 is 0 Å². The maximum atomic E-state index is 14.0. The van der Waals surface area contributed by atoms with Crippen molar-refractivity contribution in [1.82, 2.24) is 0 Å². The number of allylic oxidation sites excluding steroid dienone is 1. The summed E-state index contributed by atoms with van der Waals surface area (Å²) < 4.78 is 0. The van der Waals surface area contributed by atoms with E-state index in [1.54, 1.807) is 0 Å². The van der Waals surface area contributed by atoms with Crippen molar-refractivity contribution in [2.24, 2.45) is 0 Å². The van der Waals surface area contributed by atoms with Gasteiger partial charge in [0.2, 0.25) is 5.91 Å². The monoisotopic (exact) mass is 512 g/mol. The topological polar surface area (TPSA) is 49.4 Å². The van der Waals surface area contributed by atoms with E-state index in [1.165, 1.54) is 0 Å². The van der Waals surface area contributed by atoms with Gasteiger partial charge in [-0.1, -0.05) is 85.5 Å². The molecule has 1 amide bonds. The van der Waals surface area contributed by atoms with Crippen LogP contribution in [0.3, 0.4) is 0 Å². The number of unbranched alkanes of at least 4 members (excludes halogenated alkanes) is 2. The van der Waals surface area contributed by atoms with Crippen LogP contribution in [0.2, 0.25) is 5.02 Å². The third kappa shape index (κ3) is 5.21. The molecule has 2 aliphatic rings. The highest BCUT2D eigenvalue weighted by molar-refractivity contribution is 6.30. The number of ketones is 1. The van der Waals surface area contributed by atoms with Gasteiger partial charge in [0.05, 0.1) is 17.4 Å². The molecule has 0 radical (unpaired) electrons. The normalized spacial score (nSPS) is 19.1. The standard InChI is InChI=1S/C32H33ClN2O2/c1-3-4-5-10-30(37)35-28-9-7-6-8-26(28)34-27-19-24(22-15-17-25(33)18-16-22)20-29(36)31(27)32(35)23-13-11-21(2)12-14-23/h6-9,11-18,24,32,34H,3-5,10,19-20H2,1-2H3/t24-,32-/m0/s1. The lowest BCUT2D eigenvalue weighted by Gasteiger charge is -2.35. The number of hydrogen-bond donors (Lipinski definition) is 1. The Labute approximate surface area is 224 Å². The van der Waals surface area contributed by atoms with Crippen LogP contribution in [0.15, 0.2) is 84.1 Å². The van der Waals surface area contributed by atoms with Crippen molar-refractivity contribution in [1.29, 1.82) is 0 Å². The molecule has 0 bridgehead atoms. The number of Topliss-reactive ketones (excluding diaryl/α,β-unsaturated/α-hetero) is 1. The maximum Gasteiger partial charge on any atom is 0.227 e. The van der Waals surface area contributed by atoms with Gasteiger partial charge in [0, 0.05) is 29.1 Å². The maximum absolute atomic E-state index is 14.0. The third-order valence-electron chi connectivity index (χ3n) is 7.49. The van der Waals surface area contributed by atoms with Crippen molar-refractivity contribution >= 4 is 34.7 Å². The molecule has 0 aromatic heterocycles. The van der Waals surface area contributed by atoms with Gasteiger partial charge in [-0.15, -0.1) is 0 Å². The number of carbonyl (C=O) groups is 2. The highest BCUT2D eigenvalue weighted by atomic mass is 35.5. The van der Waals surface area contributed by atoms with E-state index in [-0.39, 0.29) is 17.6 Å². The Bertz CT molecular complexity index is 1330. The van der Waals surface area contributed by atoms with Crippen LogP contribution < -0.4 is 10.2 Å². The number of hydrogen-bond acceptors (Lipinski definition) is 3. The van der Waals surface area contributed by atoms with Gasteiger partial charge < -0.3 is 5.32 Å². The summed E-state index contributed by atoms with van der Waals surface area (Å²) in [5.41, 5.74) is 6.48. The van der Waals surface area contributed by atoms with Crippen LogP contribution in [-0.4, -0.2) is 11.7 Å². The fourth-order valence-electron chi connectivity index (χ4n) is 5.55. The second-order valence-corrected chi connectivity index (χ2v) is 10.6. The molecule has 0 fully saturated rings. The molecular formula is C32H33ClN2O2. The number of nitrogens with zero attached hydrogens (tertiary/aromatic N) is 1. The number of rotatable bonds is 6. The molecule has 0 spiro atoms. The number of anilines is 2. The zero-order valence-corrected chi connectivity index (χ0v) is 22.2. The van der Waals surface area contributed by atoms with Crippen LogP contribution in [0.1, 0.15) is 74.1 Å². The highest BCUT2D eigenvalue weighted by Gasteiger charge is 2.41. The number of amides is 1. The lowest BCUT2D eigenvalue weighted by molar-refractivity contribution is -0.119. The van der Waals surface area contributed by atoms with Crippen LogP contribution in [0.4, 0.5) is 11.4 Å². The fraction of sp³-hybridized carbons (Fsp3) is 0.312. The minimum Gasteiger partial charge on any atom is -0.357 e. The summed E-state index contributed by atoms with van der Waals surface area (Å²) in [5.74, 6) is 0.182. The Morgan fingerprint density at radius 1 is 0.946 bits per heavy atom. The largest absolute Gasteiger partial charge is 0.357 e. The van der Waals surface area contributed by atoms with Gasteiger partial charge in [-0.2, -0.15) is 0 Å². The number of nitrogens with one attached hydrogen (secondary N) is 1. The van der Waals surface area contributed by atoms with Crippen LogP contribution in [0.5, 0.6) is 0 Å². The molecule has 1 aliphatic carbocycles. The predicted octanol–water partition coefficient (Wildman–Crippen LogP) is 8.13. The van der Waals surface area contributed by atoms with E-state index in [1.807, 2.05) is 53.4 Å². The van der Waals surface area contributed by atoms with Crippen molar-refractivity contribution in [3.63, 3.8) is 0 Å². The first-order valence-corrected chi connectivity index (χ1v) is 13.6. The summed E-state index contributed by atoms with van der Waals surface area (Å²) in [5, 5.41) is 4.29. The molecule has 190 valence electrons. The zero-order chi connectivity index (χ0) is 25.9. The van der Waals surface area contributed by atoms with Gasteiger partial charge >= 0.3 is 0 Å². The van der Waals surface area contributed by atoms with Gasteiger partial charge in [-0.3, -0.25) is 14.5 Å². The van der Waals surface area contributed by atoms with Crippen LogP contribution >= 0.6 is 11.6 Å². The number of aryl methyl sites for hydroxylation is 1. The molecule has 0 saturated heterocycles. The summed E-state index contributed by atoms with van der Waals surface area (Å²) in [6, 6.07) is 23.5. The van der Waals surface area contributed by atoms with Crippen molar-refractivity contribution in [2.45, 2.75) is 64.3 Å². The smallest absolute Gasteiger partial charge is 0.227 e. The molecule has 37 heavy (non-hydrogen) atoms. The average molecular weight is 513 g/mol. The molecular weight excluding hydrogens is 480 g/mol. The Morgan fingerprint density at radius 3 is 2.38 bits per heavy atom. The Kier molecular flexibility index (Phi) is 7.48. The summed E-state index contributed by atoms with van der Waals surface area (Å²) >= 11 is 6.13. The van der Waals surface area contributed by atoms with Gasteiger partial charge in [0.15, 0.2) is 5.78 Å². The minimum atomic E-state index is -0.473. The summed E-state index contributed by atoms with van der Waals surface area (Å²) in [6.45, 7) is 4.19. The fourth-order valence-corrected chi connectivity index (χ4v) is 5.67. The van der Waals surface area contributed by atoms with Crippen molar-refractivity contribution in [3.8, 4) is 0 Å². The second-order valence-electron chi connectivity index (χ2n) is 10.1. The quantitative estimate of drug-likeness (QED) is 0.339. The second kappa shape index (κ2) is 10.9. The first-order valence-electron chi connectivity index (χ1n) is 13.2. The summed E-state index contributed by atoms with van der Waals surface area (Å²) in [4.78, 5) is 29.8. The van der Waals surface area contributed by atoms with Gasteiger partial charge in [-0.25, -0.2) is 0 Å². The number of benzene rings is 3. The lowest BCUT2D eigenvalue weighted by Crippen LogP contribution is -2.38. The first-order chi connectivity index (χ1) is 18.0. The molecule has 0 unspecified atom stereocenters. The highest BCUT2D eigenvalue weighted by Crippen LogP contribution is 2.47. The van der Waals surface area contributed by atoms with E-state index < -0.39 is 6.04 Å². The van der Waals surface area contributed by atoms with Gasteiger partial charge in [-0.05, 0) is 61.1 Å². The molecule has 2 atom stereocenters. The molecule has 1 N–H and O–H groups in total. The van der Waals surface area contributed by atoms with Crippen molar-refractivity contribution in [3.05, 3.63) is 106 Å².